The number of thioether (sulfide) groups is 1. The van der Waals surface area contributed by atoms with E-state index in [0.717, 1.165) is 17.5 Å². The molecule has 1 aliphatic rings. The van der Waals surface area contributed by atoms with Gasteiger partial charge in [0.05, 0.1) is 17.6 Å². The molecule has 0 radical (unpaired) electrons. The lowest BCUT2D eigenvalue weighted by Gasteiger charge is -2.22. The summed E-state index contributed by atoms with van der Waals surface area (Å²) < 4.78 is 2.21. The third kappa shape index (κ3) is 2.55. The van der Waals surface area contributed by atoms with Crippen molar-refractivity contribution in [2.24, 2.45) is 5.73 Å². The van der Waals surface area contributed by atoms with Crippen molar-refractivity contribution in [3.63, 3.8) is 0 Å². The zero-order valence-corrected chi connectivity index (χ0v) is 10.3. The van der Waals surface area contributed by atoms with Crippen molar-refractivity contribution in [2.45, 2.75) is 44.0 Å². The zero-order valence-electron chi connectivity index (χ0n) is 9.44. The van der Waals surface area contributed by atoms with Crippen LogP contribution >= 0.6 is 11.8 Å². The quantitative estimate of drug-likeness (QED) is 0.855. The highest BCUT2D eigenvalue weighted by Gasteiger charge is 2.22. The standard InChI is InChI=1S/C11H19N3S/c1-11(2,12)10-6-13-8-14(10)7-9-4-3-5-15-9/h6,8-9H,3-5,7,12H2,1-2H3. The second kappa shape index (κ2) is 4.18. The Morgan fingerprint density at radius 1 is 1.67 bits per heavy atom. The van der Waals surface area contributed by atoms with Crippen molar-refractivity contribution < 1.29 is 0 Å². The molecule has 1 atom stereocenters. The normalized spacial score (nSPS) is 22.2. The summed E-state index contributed by atoms with van der Waals surface area (Å²) in [6.07, 6.45) is 6.47. The van der Waals surface area contributed by atoms with Crippen molar-refractivity contribution in [3.8, 4) is 0 Å². The first kappa shape index (κ1) is 11.0. The Labute approximate surface area is 95.4 Å². The maximum atomic E-state index is 6.11. The minimum Gasteiger partial charge on any atom is -0.332 e. The Bertz CT molecular complexity index is 321. The fraction of sp³-hybridized carbons (Fsp3) is 0.727. The Morgan fingerprint density at radius 2 is 2.47 bits per heavy atom. The van der Waals surface area contributed by atoms with Crippen LogP contribution in [0.1, 0.15) is 32.4 Å². The summed E-state index contributed by atoms with van der Waals surface area (Å²) in [4.78, 5) is 4.20. The van der Waals surface area contributed by atoms with Gasteiger partial charge in [-0.25, -0.2) is 4.98 Å². The lowest BCUT2D eigenvalue weighted by Crippen LogP contribution is -2.32. The van der Waals surface area contributed by atoms with Gasteiger partial charge in [-0.15, -0.1) is 0 Å². The molecular formula is C11H19N3S. The van der Waals surface area contributed by atoms with Gasteiger partial charge in [-0.1, -0.05) is 0 Å². The van der Waals surface area contributed by atoms with E-state index in [1.807, 2.05) is 26.4 Å². The highest BCUT2D eigenvalue weighted by atomic mass is 32.2. The second-order valence-corrected chi connectivity index (χ2v) is 6.20. The van der Waals surface area contributed by atoms with Crippen LogP contribution in [0.25, 0.3) is 0 Å². The van der Waals surface area contributed by atoms with Gasteiger partial charge in [-0.05, 0) is 32.4 Å². The molecule has 0 amide bonds. The number of imidazole rings is 1. The van der Waals surface area contributed by atoms with Crippen LogP contribution in [0.15, 0.2) is 12.5 Å². The van der Waals surface area contributed by atoms with E-state index in [2.05, 4.69) is 21.3 Å². The minimum absolute atomic E-state index is 0.292. The summed E-state index contributed by atoms with van der Waals surface area (Å²) in [7, 11) is 0. The molecule has 1 unspecified atom stereocenters. The van der Waals surface area contributed by atoms with Gasteiger partial charge < -0.3 is 10.3 Å². The van der Waals surface area contributed by atoms with Gasteiger partial charge >= 0.3 is 0 Å². The summed E-state index contributed by atoms with van der Waals surface area (Å²) in [5, 5.41) is 0.750. The predicted molar refractivity (Wildman–Crippen MR) is 64.9 cm³/mol. The summed E-state index contributed by atoms with van der Waals surface area (Å²) in [6, 6.07) is 0. The average molecular weight is 225 g/mol. The fourth-order valence-electron chi connectivity index (χ4n) is 2.01. The largest absolute Gasteiger partial charge is 0.332 e. The number of nitrogens with two attached hydrogens (primary N) is 1. The lowest BCUT2D eigenvalue weighted by atomic mass is 10.0. The van der Waals surface area contributed by atoms with Gasteiger partial charge in [0.25, 0.3) is 0 Å². The number of hydrogen-bond acceptors (Lipinski definition) is 3. The monoisotopic (exact) mass is 225 g/mol. The summed E-state index contributed by atoms with van der Waals surface area (Å²) in [6.45, 7) is 5.12. The van der Waals surface area contributed by atoms with E-state index >= 15 is 0 Å². The Kier molecular flexibility index (Phi) is 3.07. The first-order chi connectivity index (χ1) is 7.07. The molecule has 0 aromatic carbocycles. The van der Waals surface area contributed by atoms with Crippen LogP contribution in [-0.4, -0.2) is 20.6 Å². The molecule has 1 fully saturated rings. The Morgan fingerprint density at radius 3 is 3.07 bits per heavy atom. The van der Waals surface area contributed by atoms with Crippen molar-refractivity contribution in [3.05, 3.63) is 18.2 Å². The molecule has 2 N–H and O–H groups in total. The molecule has 1 aromatic rings. The Balaban J connectivity index is 2.11. The van der Waals surface area contributed by atoms with Crippen LogP contribution in [0, 0.1) is 0 Å². The summed E-state index contributed by atoms with van der Waals surface area (Å²) >= 11 is 2.07. The number of hydrogen-bond donors (Lipinski definition) is 1. The first-order valence-electron chi connectivity index (χ1n) is 5.48. The average Bonchev–Trinajstić information content (AvgIpc) is 2.73. The molecule has 0 bridgehead atoms. The lowest BCUT2D eigenvalue weighted by molar-refractivity contribution is 0.486. The minimum atomic E-state index is -0.292. The van der Waals surface area contributed by atoms with Gasteiger partial charge in [0.2, 0.25) is 0 Å². The molecule has 0 spiro atoms. The number of aromatic nitrogens is 2. The molecule has 1 saturated heterocycles. The zero-order chi connectivity index (χ0) is 10.9. The molecule has 4 heteroatoms. The third-order valence-corrected chi connectivity index (χ3v) is 4.18. The molecule has 0 aliphatic carbocycles. The number of nitrogens with zero attached hydrogens (tertiary/aromatic N) is 2. The first-order valence-corrected chi connectivity index (χ1v) is 6.53. The van der Waals surface area contributed by atoms with Crippen LogP contribution < -0.4 is 5.73 Å². The van der Waals surface area contributed by atoms with E-state index in [-0.39, 0.29) is 5.54 Å². The van der Waals surface area contributed by atoms with E-state index in [4.69, 9.17) is 5.73 Å². The Hall–Kier alpha value is -0.480. The smallest absolute Gasteiger partial charge is 0.0949 e. The molecule has 2 heterocycles. The van der Waals surface area contributed by atoms with Crippen LogP contribution in [0.5, 0.6) is 0 Å². The molecular weight excluding hydrogens is 206 g/mol. The molecule has 84 valence electrons. The van der Waals surface area contributed by atoms with Crippen molar-refractivity contribution in [2.75, 3.05) is 5.75 Å². The van der Waals surface area contributed by atoms with E-state index in [9.17, 15) is 0 Å². The van der Waals surface area contributed by atoms with E-state index < -0.39 is 0 Å². The van der Waals surface area contributed by atoms with Gasteiger partial charge in [-0.2, -0.15) is 11.8 Å². The topological polar surface area (TPSA) is 43.8 Å². The molecule has 1 aromatic heterocycles. The maximum absolute atomic E-state index is 6.11. The maximum Gasteiger partial charge on any atom is 0.0949 e. The van der Waals surface area contributed by atoms with Crippen LogP contribution in [0.4, 0.5) is 0 Å². The van der Waals surface area contributed by atoms with E-state index in [1.165, 1.54) is 18.6 Å². The number of rotatable bonds is 3. The van der Waals surface area contributed by atoms with Gasteiger partial charge in [-0.3, -0.25) is 0 Å². The predicted octanol–water partition coefficient (Wildman–Crippen LogP) is 1.97. The van der Waals surface area contributed by atoms with Gasteiger partial charge in [0.15, 0.2) is 0 Å². The second-order valence-electron chi connectivity index (χ2n) is 4.79. The van der Waals surface area contributed by atoms with E-state index in [1.54, 1.807) is 0 Å². The van der Waals surface area contributed by atoms with Crippen LogP contribution in [0.2, 0.25) is 0 Å². The van der Waals surface area contributed by atoms with E-state index in [0.29, 0.717) is 0 Å². The highest BCUT2D eigenvalue weighted by Crippen LogP contribution is 2.28. The summed E-state index contributed by atoms with van der Waals surface area (Å²) in [5.74, 6) is 1.31. The fourth-order valence-corrected chi connectivity index (χ4v) is 3.28. The molecule has 3 nitrogen and oxygen atoms in total. The summed E-state index contributed by atoms with van der Waals surface area (Å²) in [5.41, 5.74) is 6.95. The van der Waals surface area contributed by atoms with Crippen molar-refractivity contribution in [1.29, 1.82) is 0 Å². The van der Waals surface area contributed by atoms with Gasteiger partial charge in [0, 0.05) is 18.0 Å². The van der Waals surface area contributed by atoms with Gasteiger partial charge in [0.1, 0.15) is 0 Å². The van der Waals surface area contributed by atoms with Crippen LogP contribution in [0.3, 0.4) is 0 Å². The molecule has 1 aliphatic heterocycles. The third-order valence-electron chi connectivity index (χ3n) is 2.80. The molecule has 2 rings (SSSR count). The van der Waals surface area contributed by atoms with Crippen LogP contribution in [-0.2, 0) is 12.1 Å². The molecule has 0 saturated carbocycles. The van der Waals surface area contributed by atoms with Crippen molar-refractivity contribution in [1.82, 2.24) is 9.55 Å². The molecule has 15 heavy (non-hydrogen) atoms. The van der Waals surface area contributed by atoms with Crippen molar-refractivity contribution >= 4 is 11.8 Å². The highest BCUT2D eigenvalue weighted by molar-refractivity contribution is 8.00. The SMILES string of the molecule is CC(C)(N)c1cncn1CC1CCCS1.